The topological polar surface area (TPSA) is 84.7 Å². The van der Waals surface area contributed by atoms with Gasteiger partial charge in [0.25, 0.3) is 0 Å². The molecular weight excluding hydrogens is 270 g/mol. The molecule has 21 heavy (non-hydrogen) atoms. The number of nitrogens with one attached hydrogen (secondary N) is 1. The fourth-order valence-electron chi connectivity index (χ4n) is 2.40. The number of benzene rings is 1. The van der Waals surface area contributed by atoms with Crippen LogP contribution in [0.1, 0.15) is 19.8 Å². The molecule has 2 rings (SSSR count). The maximum absolute atomic E-state index is 11.6. The van der Waals surface area contributed by atoms with Crippen LogP contribution in [0.25, 0.3) is 0 Å². The number of piperidine rings is 1. The standard InChI is InChI=1S/C15H21N3O3/c1-11(19)17-12-4-6-13(7-5-12)21-14-3-2-8-18(10-14)15(20)9-16/h4-7,14H,2-3,8-10,16H2,1H3,(H,17,19). The van der Waals surface area contributed by atoms with Crippen LogP contribution in [0.2, 0.25) is 0 Å². The van der Waals surface area contributed by atoms with Gasteiger partial charge >= 0.3 is 0 Å². The van der Waals surface area contributed by atoms with E-state index in [9.17, 15) is 9.59 Å². The number of hydrogen-bond donors (Lipinski definition) is 2. The van der Waals surface area contributed by atoms with Crippen LogP contribution in [0, 0.1) is 0 Å². The molecule has 1 saturated heterocycles. The van der Waals surface area contributed by atoms with Gasteiger partial charge in [0.2, 0.25) is 11.8 Å². The summed E-state index contributed by atoms with van der Waals surface area (Å²) in [5, 5.41) is 2.70. The normalized spacial score (nSPS) is 18.2. The minimum Gasteiger partial charge on any atom is -0.489 e. The first kappa shape index (κ1) is 15.3. The minimum atomic E-state index is -0.105. The second-order valence-corrected chi connectivity index (χ2v) is 5.13. The van der Waals surface area contributed by atoms with E-state index in [1.54, 1.807) is 17.0 Å². The van der Waals surface area contributed by atoms with Gasteiger partial charge in [-0.05, 0) is 37.1 Å². The molecule has 0 bridgehead atoms. The molecule has 1 aliphatic rings. The van der Waals surface area contributed by atoms with Gasteiger partial charge in [0.05, 0.1) is 13.1 Å². The molecular formula is C15H21N3O3. The summed E-state index contributed by atoms with van der Waals surface area (Å²) in [5.74, 6) is 0.590. The van der Waals surface area contributed by atoms with E-state index in [1.807, 2.05) is 12.1 Å². The average Bonchev–Trinajstić information content (AvgIpc) is 2.48. The van der Waals surface area contributed by atoms with Crippen molar-refractivity contribution < 1.29 is 14.3 Å². The van der Waals surface area contributed by atoms with Gasteiger partial charge in [-0.3, -0.25) is 9.59 Å². The van der Waals surface area contributed by atoms with Crippen molar-refractivity contribution in [1.29, 1.82) is 0 Å². The summed E-state index contributed by atoms with van der Waals surface area (Å²) in [7, 11) is 0. The Kier molecular flexibility index (Phi) is 5.16. The van der Waals surface area contributed by atoms with Crippen LogP contribution in [0.5, 0.6) is 5.75 Å². The molecule has 0 aliphatic carbocycles. The van der Waals surface area contributed by atoms with Crippen LogP contribution in [-0.2, 0) is 9.59 Å². The summed E-state index contributed by atoms with van der Waals surface area (Å²) < 4.78 is 5.89. The van der Waals surface area contributed by atoms with E-state index in [-0.39, 0.29) is 24.5 Å². The molecule has 0 saturated carbocycles. The van der Waals surface area contributed by atoms with Crippen LogP contribution >= 0.6 is 0 Å². The third-order valence-electron chi connectivity index (χ3n) is 3.38. The summed E-state index contributed by atoms with van der Waals surface area (Å²) in [4.78, 5) is 24.3. The van der Waals surface area contributed by atoms with Gasteiger partial charge in [-0.15, -0.1) is 0 Å². The molecule has 1 unspecified atom stereocenters. The maximum atomic E-state index is 11.6. The Hall–Kier alpha value is -2.08. The summed E-state index contributed by atoms with van der Waals surface area (Å²) in [6.45, 7) is 2.83. The van der Waals surface area contributed by atoms with Crippen molar-refractivity contribution in [2.24, 2.45) is 5.73 Å². The summed E-state index contributed by atoms with van der Waals surface area (Å²) in [5.41, 5.74) is 6.13. The summed E-state index contributed by atoms with van der Waals surface area (Å²) in [6, 6.07) is 7.22. The average molecular weight is 291 g/mol. The highest BCUT2D eigenvalue weighted by atomic mass is 16.5. The fraction of sp³-hybridized carbons (Fsp3) is 0.467. The molecule has 1 aliphatic heterocycles. The van der Waals surface area contributed by atoms with Gasteiger partial charge in [-0.2, -0.15) is 0 Å². The molecule has 114 valence electrons. The monoisotopic (exact) mass is 291 g/mol. The third-order valence-corrected chi connectivity index (χ3v) is 3.38. The van der Waals surface area contributed by atoms with Crippen LogP contribution in [0.4, 0.5) is 5.69 Å². The van der Waals surface area contributed by atoms with Crippen molar-refractivity contribution >= 4 is 17.5 Å². The smallest absolute Gasteiger partial charge is 0.236 e. The van der Waals surface area contributed by atoms with Crippen LogP contribution in [0.15, 0.2) is 24.3 Å². The van der Waals surface area contributed by atoms with Gasteiger partial charge in [-0.1, -0.05) is 0 Å². The second-order valence-electron chi connectivity index (χ2n) is 5.13. The maximum Gasteiger partial charge on any atom is 0.236 e. The third kappa shape index (κ3) is 4.46. The number of amides is 2. The SMILES string of the molecule is CC(=O)Nc1ccc(OC2CCCN(C(=O)CN)C2)cc1. The van der Waals surface area contributed by atoms with Crippen molar-refractivity contribution in [2.75, 3.05) is 25.0 Å². The Morgan fingerprint density at radius 2 is 2.10 bits per heavy atom. The molecule has 3 N–H and O–H groups in total. The number of nitrogens with zero attached hydrogens (tertiary/aromatic N) is 1. The molecule has 6 nitrogen and oxygen atoms in total. The number of carbonyl (C=O) groups excluding carboxylic acids is 2. The molecule has 6 heteroatoms. The molecule has 1 fully saturated rings. The van der Waals surface area contributed by atoms with E-state index in [4.69, 9.17) is 10.5 Å². The Bertz CT molecular complexity index is 501. The zero-order valence-electron chi connectivity index (χ0n) is 12.2. The molecule has 0 spiro atoms. The first-order valence-electron chi connectivity index (χ1n) is 7.10. The zero-order chi connectivity index (χ0) is 15.2. The first-order valence-corrected chi connectivity index (χ1v) is 7.10. The molecule has 0 aromatic heterocycles. The predicted molar refractivity (Wildman–Crippen MR) is 80.0 cm³/mol. The predicted octanol–water partition coefficient (Wildman–Crippen LogP) is 0.973. The lowest BCUT2D eigenvalue weighted by molar-refractivity contribution is -0.132. The highest BCUT2D eigenvalue weighted by molar-refractivity contribution is 5.88. The lowest BCUT2D eigenvalue weighted by atomic mass is 10.1. The van der Waals surface area contributed by atoms with Gasteiger partial charge < -0.3 is 20.7 Å². The van der Waals surface area contributed by atoms with Gasteiger partial charge in [0.15, 0.2) is 0 Å². The molecule has 1 aromatic rings. The number of hydrogen-bond acceptors (Lipinski definition) is 4. The van der Waals surface area contributed by atoms with E-state index < -0.39 is 0 Å². The minimum absolute atomic E-state index is 0.0131. The lowest BCUT2D eigenvalue weighted by Gasteiger charge is -2.32. The largest absolute Gasteiger partial charge is 0.489 e. The lowest BCUT2D eigenvalue weighted by Crippen LogP contribution is -2.46. The number of nitrogens with two attached hydrogens (primary N) is 1. The van der Waals surface area contributed by atoms with Crippen molar-refractivity contribution in [2.45, 2.75) is 25.9 Å². The quantitative estimate of drug-likeness (QED) is 0.866. The van der Waals surface area contributed by atoms with Gasteiger partial charge in [0, 0.05) is 19.2 Å². The van der Waals surface area contributed by atoms with E-state index in [2.05, 4.69) is 5.32 Å². The van der Waals surface area contributed by atoms with E-state index in [1.165, 1.54) is 6.92 Å². The van der Waals surface area contributed by atoms with E-state index in [0.717, 1.165) is 30.8 Å². The van der Waals surface area contributed by atoms with Gasteiger partial charge in [-0.25, -0.2) is 0 Å². The number of rotatable bonds is 4. The fourth-order valence-corrected chi connectivity index (χ4v) is 2.40. The number of ether oxygens (including phenoxy) is 1. The molecule has 1 aromatic carbocycles. The molecule has 2 amide bonds. The van der Waals surface area contributed by atoms with Crippen LogP contribution in [-0.4, -0.2) is 42.5 Å². The molecule has 1 atom stereocenters. The van der Waals surface area contributed by atoms with Crippen LogP contribution < -0.4 is 15.8 Å². The Morgan fingerprint density at radius 1 is 1.38 bits per heavy atom. The number of likely N-dealkylation sites (tertiary alicyclic amines) is 1. The highest BCUT2D eigenvalue weighted by Gasteiger charge is 2.23. The van der Waals surface area contributed by atoms with E-state index in [0.29, 0.717) is 6.54 Å². The Morgan fingerprint density at radius 3 is 2.71 bits per heavy atom. The number of anilines is 1. The Balaban J connectivity index is 1.91. The van der Waals surface area contributed by atoms with Crippen molar-refractivity contribution in [3.63, 3.8) is 0 Å². The van der Waals surface area contributed by atoms with E-state index >= 15 is 0 Å². The van der Waals surface area contributed by atoms with Crippen LogP contribution in [0.3, 0.4) is 0 Å². The summed E-state index contributed by atoms with van der Waals surface area (Å²) >= 11 is 0. The second kappa shape index (κ2) is 7.08. The number of carbonyl (C=O) groups is 2. The van der Waals surface area contributed by atoms with Gasteiger partial charge in [0.1, 0.15) is 11.9 Å². The van der Waals surface area contributed by atoms with Crippen molar-refractivity contribution in [3.8, 4) is 5.75 Å². The zero-order valence-corrected chi connectivity index (χ0v) is 12.2. The Labute approximate surface area is 124 Å². The highest BCUT2D eigenvalue weighted by Crippen LogP contribution is 2.20. The summed E-state index contributed by atoms with van der Waals surface area (Å²) in [6.07, 6.45) is 1.82. The first-order chi connectivity index (χ1) is 10.1. The van der Waals surface area contributed by atoms with Crippen molar-refractivity contribution in [1.82, 2.24) is 4.90 Å². The van der Waals surface area contributed by atoms with Crippen molar-refractivity contribution in [3.05, 3.63) is 24.3 Å². The molecule has 0 radical (unpaired) electrons. The molecule has 1 heterocycles.